The van der Waals surface area contributed by atoms with Crippen LogP contribution in [0.5, 0.6) is 0 Å². The third-order valence-corrected chi connectivity index (χ3v) is 6.22. The minimum Gasteiger partial charge on any atom is -0.342 e. The number of carbonyl (C=O) groups excluding carboxylic acids is 1. The maximum Gasteiger partial charge on any atom is 0.230 e. The van der Waals surface area contributed by atoms with E-state index < -0.39 is 0 Å². The molecule has 2 aromatic carbocycles. The summed E-state index contributed by atoms with van der Waals surface area (Å²) in [5.74, 6) is 0.210. The lowest BCUT2D eigenvalue weighted by molar-refractivity contribution is -0.134. The summed E-state index contributed by atoms with van der Waals surface area (Å²) in [6.45, 7) is 4.30. The van der Waals surface area contributed by atoms with E-state index in [0.717, 1.165) is 37.9 Å². The van der Waals surface area contributed by atoms with E-state index in [2.05, 4.69) is 46.2 Å². The highest BCUT2D eigenvalue weighted by molar-refractivity contribution is 5.84. The van der Waals surface area contributed by atoms with Gasteiger partial charge in [-0.05, 0) is 56.3 Å². The first-order valence-electron chi connectivity index (χ1n) is 10.4. The minimum atomic E-state index is -0.0862. The van der Waals surface area contributed by atoms with Crippen molar-refractivity contribution in [2.24, 2.45) is 0 Å². The number of rotatable bonds is 5. The van der Waals surface area contributed by atoms with Gasteiger partial charge in [0.15, 0.2) is 0 Å². The van der Waals surface area contributed by atoms with Gasteiger partial charge in [0.25, 0.3) is 0 Å². The number of amides is 1. The van der Waals surface area contributed by atoms with E-state index in [0.29, 0.717) is 11.9 Å². The zero-order chi connectivity index (χ0) is 18.5. The zero-order valence-electron chi connectivity index (χ0n) is 16.1. The number of piperidine rings is 1. The summed E-state index contributed by atoms with van der Waals surface area (Å²) in [4.78, 5) is 18.2. The Labute approximate surface area is 163 Å². The lowest BCUT2D eigenvalue weighted by Gasteiger charge is -2.38. The van der Waals surface area contributed by atoms with Gasteiger partial charge >= 0.3 is 0 Å². The molecule has 2 saturated heterocycles. The SMILES string of the molecule is O=C(C(Cc1ccccc1)c1ccccc1)N1CCC(N2CCCC2)CC1. The normalized spacial score (nSPS) is 19.9. The smallest absolute Gasteiger partial charge is 0.230 e. The van der Waals surface area contributed by atoms with Gasteiger partial charge in [0.2, 0.25) is 5.91 Å². The molecular formula is C24H30N2O. The first kappa shape index (κ1) is 18.2. The Bertz CT molecular complexity index is 717. The zero-order valence-corrected chi connectivity index (χ0v) is 16.1. The van der Waals surface area contributed by atoms with Crippen LogP contribution < -0.4 is 0 Å². The number of likely N-dealkylation sites (tertiary alicyclic amines) is 2. The summed E-state index contributed by atoms with van der Waals surface area (Å²) < 4.78 is 0. The van der Waals surface area contributed by atoms with Gasteiger partial charge in [-0.25, -0.2) is 0 Å². The van der Waals surface area contributed by atoms with Gasteiger partial charge in [-0.15, -0.1) is 0 Å². The molecule has 0 bridgehead atoms. The molecule has 0 saturated carbocycles. The molecule has 2 heterocycles. The molecule has 1 atom stereocenters. The van der Waals surface area contributed by atoms with E-state index in [1.807, 2.05) is 24.3 Å². The Balaban J connectivity index is 1.46. The summed E-state index contributed by atoms with van der Waals surface area (Å²) in [6, 6.07) is 21.4. The van der Waals surface area contributed by atoms with Gasteiger partial charge in [-0.1, -0.05) is 60.7 Å². The summed E-state index contributed by atoms with van der Waals surface area (Å²) in [7, 11) is 0. The lowest BCUT2D eigenvalue weighted by Crippen LogP contribution is -2.47. The molecular weight excluding hydrogens is 332 g/mol. The third kappa shape index (κ3) is 4.41. The molecule has 0 N–H and O–H groups in total. The van der Waals surface area contributed by atoms with Crippen molar-refractivity contribution in [2.45, 2.75) is 44.1 Å². The van der Waals surface area contributed by atoms with Crippen molar-refractivity contribution in [1.82, 2.24) is 9.80 Å². The fourth-order valence-corrected chi connectivity index (χ4v) is 4.66. The molecule has 3 heteroatoms. The second kappa shape index (κ2) is 8.71. The summed E-state index contributed by atoms with van der Waals surface area (Å²) in [5, 5.41) is 0. The molecule has 2 fully saturated rings. The van der Waals surface area contributed by atoms with Crippen molar-refractivity contribution in [3.63, 3.8) is 0 Å². The Hall–Kier alpha value is -2.13. The maximum absolute atomic E-state index is 13.4. The second-order valence-electron chi connectivity index (χ2n) is 7.95. The Morgan fingerprint density at radius 3 is 2.07 bits per heavy atom. The summed E-state index contributed by atoms with van der Waals surface area (Å²) in [5.41, 5.74) is 2.36. The first-order valence-corrected chi connectivity index (χ1v) is 10.4. The van der Waals surface area contributed by atoms with E-state index in [-0.39, 0.29) is 5.92 Å². The van der Waals surface area contributed by atoms with Gasteiger partial charge < -0.3 is 9.80 Å². The molecule has 0 radical (unpaired) electrons. The van der Waals surface area contributed by atoms with E-state index in [9.17, 15) is 4.79 Å². The van der Waals surface area contributed by atoms with Crippen molar-refractivity contribution < 1.29 is 4.79 Å². The molecule has 3 nitrogen and oxygen atoms in total. The maximum atomic E-state index is 13.4. The van der Waals surface area contributed by atoms with Crippen LogP contribution in [0.1, 0.15) is 42.7 Å². The molecule has 1 unspecified atom stereocenters. The van der Waals surface area contributed by atoms with E-state index in [1.54, 1.807) is 0 Å². The standard InChI is InChI=1S/C24H30N2O/c27-24(26-17-13-22(14-18-26)25-15-7-8-16-25)23(21-11-5-2-6-12-21)19-20-9-3-1-4-10-20/h1-6,9-12,22-23H,7-8,13-19H2. The van der Waals surface area contributed by atoms with Crippen molar-refractivity contribution in [3.05, 3.63) is 71.8 Å². The summed E-state index contributed by atoms with van der Waals surface area (Å²) >= 11 is 0. The van der Waals surface area contributed by atoms with Gasteiger partial charge in [0.1, 0.15) is 0 Å². The molecule has 2 aliphatic heterocycles. The van der Waals surface area contributed by atoms with E-state index >= 15 is 0 Å². The van der Waals surface area contributed by atoms with E-state index in [1.165, 1.54) is 31.5 Å². The highest BCUT2D eigenvalue weighted by Crippen LogP contribution is 2.27. The van der Waals surface area contributed by atoms with E-state index in [4.69, 9.17) is 0 Å². The second-order valence-corrected chi connectivity index (χ2v) is 7.95. The largest absolute Gasteiger partial charge is 0.342 e. The molecule has 27 heavy (non-hydrogen) atoms. The van der Waals surface area contributed by atoms with Crippen LogP contribution in [-0.4, -0.2) is 47.9 Å². The first-order chi connectivity index (χ1) is 13.3. The quantitative estimate of drug-likeness (QED) is 0.799. The van der Waals surface area contributed by atoms with Gasteiger partial charge in [0, 0.05) is 19.1 Å². The van der Waals surface area contributed by atoms with Gasteiger partial charge in [-0.3, -0.25) is 4.79 Å². The van der Waals surface area contributed by atoms with Gasteiger partial charge in [-0.2, -0.15) is 0 Å². The Morgan fingerprint density at radius 2 is 1.44 bits per heavy atom. The molecule has 2 aliphatic rings. The average Bonchev–Trinajstić information content (AvgIpc) is 3.28. The van der Waals surface area contributed by atoms with Crippen molar-refractivity contribution in [1.29, 1.82) is 0 Å². The molecule has 0 aromatic heterocycles. The highest BCUT2D eigenvalue weighted by atomic mass is 16.2. The minimum absolute atomic E-state index is 0.0862. The highest BCUT2D eigenvalue weighted by Gasteiger charge is 2.31. The van der Waals surface area contributed by atoms with Crippen LogP contribution in [-0.2, 0) is 11.2 Å². The number of hydrogen-bond acceptors (Lipinski definition) is 2. The van der Waals surface area contributed by atoms with Crippen molar-refractivity contribution in [2.75, 3.05) is 26.2 Å². The predicted molar refractivity (Wildman–Crippen MR) is 110 cm³/mol. The molecule has 0 aliphatic carbocycles. The number of nitrogens with zero attached hydrogens (tertiary/aromatic N) is 2. The number of hydrogen-bond donors (Lipinski definition) is 0. The Morgan fingerprint density at radius 1 is 0.852 bits per heavy atom. The molecule has 1 amide bonds. The fourth-order valence-electron chi connectivity index (χ4n) is 4.66. The number of benzene rings is 2. The van der Waals surface area contributed by atoms with Crippen molar-refractivity contribution in [3.8, 4) is 0 Å². The van der Waals surface area contributed by atoms with Crippen LogP contribution in [0.3, 0.4) is 0 Å². The average molecular weight is 363 g/mol. The molecule has 4 rings (SSSR count). The fraction of sp³-hybridized carbons (Fsp3) is 0.458. The summed E-state index contributed by atoms with van der Waals surface area (Å²) in [6.07, 6.45) is 5.70. The van der Waals surface area contributed by atoms with Crippen LogP contribution in [0.25, 0.3) is 0 Å². The molecule has 0 spiro atoms. The predicted octanol–water partition coefficient (Wildman–Crippen LogP) is 4.10. The van der Waals surface area contributed by atoms with Crippen LogP contribution in [0, 0.1) is 0 Å². The Kier molecular flexibility index (Phi) is 5.88. The molecule has 2 aromatic rings. The van der Waals surface area contributed by atoms with Crippen LogP contribution in [0.15, 0.2) is 60.7 Å². The topological polar surface area (TPSA) is 23.6 Å². The van der Waals surface area contributed by atoms with Crippen molar-refractivity contribution >= 4 is 5.91 Å². The lowest BCUT2D eigenvalue weighted by atomic mass is 9.89. The molecule has 142 valence electrons. The number of carbonyl (C=O) groups is 1. The van der Waals surface area contributed by atoms with Gasteiger partial charge in [0.05, 0.1) is 5.92 Å². The van der Waals surface area contributed by atoms with Crippen LogP contribution in [0.4, 0.5) is 0 Å². The van der Waals surface area contributed by atoms with Crippen LogP contribution >= 0.6 is 0 Å². The third-order valence-electron chi connectivity index (χ3n) is 6.22. The van der Waals surface area contributed by atoms with Crippen LogP contribution in [0.2, 0.25) is 0 Å². The monoisotopic (exact) mass is 362 g/mol.